The fourth-order valence-electron chi connectivity index (χ4n) is 11.4. The van der Waals surface area contributed by atoms with Crippen molar-refractivity contribution in [3.05, 3.63) is 29.3 Å². The van der Waals surface area contributed by atoms with Crippen molar-refractivity contribution in [2.75, 3.05) is 11.9 Å². The maximum absolute atomic E-state index is 13.5. The number of ether oxygens (including phenoxy) is 2. The summed E-state index contributed by atoms with van der Waals surface area (Å²) in [5.41, 5.74) is 0.113. The summed E-state index contributed by atoms with van der Waals surface area (Å²) in [5, 5.41) is 17.8. The standard InChI is InChI=1S/C36H47F6N3O3S/c1-18-7-10-34(47-17-18)19(2)30-28(48-34)15-27-25-6-5-20-14-24(46)8-9-32(20,3)26(25)16-29(33(27,30)4)44-45-31(49)43-23-12-21(35(37,38)39)11-22(13-23)36(40,41)42/h11-13,18-20,24-28,30,46H,5-10,14-17H2,1-4H3,(H2,43,45,49)/b44-29+/t18-,19+,20+,24+,25-,26+,27+,28+,30+,32+,33-,34-/m1/s1. The minimum Gasteiger partial charge on any atom is -0.393 e. The quantitative estimate of drug-likeness (QED) is 0.162. The fourth-order valence-corrected chi connectivity index (χ4v) is 11.6. The van der Waals surface area contributed by atoms with Gasteiger partial charge in [0.2, 0.25) is 0 Å². The summed E-state index contributed by atoms with van der Waals surface area (Å²) in [6, 6.07) is 1.32. The van der Waals surface area contributed by atoms with Crippen LogP contribution in [-0.2, 0) is 21.8 Å². The van der Waals surface area contributed by atoms with Crippen LogP contribution < -0.4 is 10.7 Å². The third kappa shape index (κ3) is 5.90. The number of thiocarbonyl (C=S) groups is 1. The number of aliphatic hydroxyl groups is 1. The van der Waals surface area contributed by atoms with Gasteiger partial charge in [-0.05, 0) is 117 Å². The third-order valence-electron chi connectivity index (χ3n) is 13.9. The van der Waals surface area contributed by atoms with Gasteiger partial charge in [0.25, 0.3) is 0 Å². The zero-order valence-corrected chi connectivity index (χ0v) is 29.2. The number of nitrogens with one attached hydrogen (secondary N) is 2. The lowest BCUT2D eigenvalue weighted by Crippen LogP contribution is -2.58. The predicted molar refractivity (Wildman–Crippen MR) is 176 cm³/mol. The molecule has 4 saturated carbocycles. The zero-order chi connectivity index (χ0) is 35.3. The van der Waals surface area contributed by atoms with Crippen LogP contribution in [0.3, 0.4) is 0 Å². The van der Waals surface area contributed by atoms with E-state index in [1.165, 1.54) is 0 Å². The van der Waals surface area contributed by atoms with Crippen molar-refractivity contribution in [3.63, 3.8) is 0 Å². The van der Waals surface area contributed by atoms with E-state index in [-0.39, 0.29) is 52.0 Å². The Kier molecular flexibility index (Phi) is 8.72. The van der Waals surface area contributed by atoms with Crippen LogP contribution in [0.25, 0.3) is 0 Å². The topological polar surface area (TPSA) is 75.1 Å². The first kappa shape index (κ1) is 35.4. The van der Waals surface area contributed by atoms with Crippen LogP contribution in [0.1, 0.15) is 96.6 Å². The molecule has 0 amide bonds. The SMILES string of the molecule is C[C@@H]1CC[C@@]2(OC1)O[C@H]1C[C@H]3[C@@H]4CC[C@H]5C[C@@H](O)CC[C@]5(C)[C@H]4C/C(=N\NC(=S)Nc4cc(C(F)(F)F)cc(C(F)(F)F)c4)[C@]3(C)[C@H]1[C@@H]2C. The van der Waals surface area contributed by atoms with Crippen LogP contribution in [0.15, 0.2) is 23.3 Å². The molecular weight excluding hydrogens is 668 g/mol. The van der Waals surface area contributed by atoms with Crippen molar-refractivity contribution in [2.24, 2.45) is 57.4 Å². The molecule has 4 aliphatic carbocycles. The molecule has 0 radical (unpaired) electrons. The monoisotopic (exact) mass is 715 g/mol. The molecular formula is C36H47F6N3O3S. The first-order valence-electron chi connectivity index (χ1n) is 17.8. The second-order valence-corrected chi connectivity index (χ2v) is 16.9. The van der Waals surface area contributed by atoms with Crippen LogP contribution in [0.2, 0.25) is 0 Å². The van der Waals surface area contributed by atoms with E-state index < -0.39 is 35.0 Å². The van der Waals surface area contributed by atoms with Gasteiger partial charge in [-0.2, -0.15) is 31.4 Å². The van der Waals surface area contributed by atoms with Gasteiger partial charge in [-0.3, -0.25) is 5.43 Å². The number of hydrogen-bond acceptors (Lipinski definition) is 5. The predicted octanol–water partition coefficient (Wildman–Crippen LogP) is 8.78. The van der Waals surface area contributed by atoms with Gasteiger partial charge in [0.15, 0.2) is 10.9 Å². The largest absolute Gasteiger partial charge is 0.416 e. The first-order chi connectivity index (χ1) is 22.8. The van der Waals surface area contributed by atoms with Crippen LogP contribution in [0, 0.1) is 52.3 Å². The number of anilines is 1. The highest BCUT2D eigenvalue weighted by Crippen LogP contribution is 2.70. The molecule has 7 rings (SSSR count). The lowest BCUT2D eigenvalue weighted by Gasteiger charge is -2.61. The lowest BCUT2D eigenvalue weighted by molar-refractivity contribution is -0.272. The van der Waals surface area contributed by atoms with E-state index in [1.54, 1.807) is 0 Å². The Hall–Kier alpha value is -1.96. The first-order valence-corrected chi connectivity index (χ1v) is 18.2. The summed E-state index contributed by atoms with van der Waals surface area (Å²) in [4.78, 5) is 0. The van der Waals surface area contributed by atoms with Gasteiger partial charge < -0.3 is 19.9 Å². The number of hydrogen-bond donors (Lipinski definition) is 3. The molecule has 2 heterocycles. The van der Waals surface area contributed by atoms with Gasteiger partial charge in [0.05, 0.1) is 29.9 Å². The summed E-state index contributed by atoms with van der Waals surface area (Å²) in [6.45, 7) is 9.71. The molecule has 49 heavy (non-hydrogen) atoms. The maximum atomic E-state index is 13.5. The van der Waals surface area contributed by atoms with E-state index in [2.05, 4.69) is 38.4 Å². The van der Waals surface area contributed by atoms with Crippen molar-refractivity contribution < 1.29 is 40.9 Å². The number of fused-ring (bicyclic) bond motifs is 7. The van der Waals surface area contributed by atoms with Gasteiger partial charge in [0, 0.05) is 35.1 Å². The van der Waals surface area contributed by atoms with Gasteiger partial charge in [-0.15, -0.1) is 0 Å². The van der Waals surface area contributed by atoms with Gasteiger partial charge in [-0.1, -0.05) is 27.7 Å². The lowest BCUT2D eigenvalue weighted by atomic mass is 9.44. The van der Waals surface area contributed by atoms with Crippen molar-refractivity contribution >= 4 is 28.7 Å². The van der Waals surface area contributed by atoms with Crippen molar-refractivity contribution in [3.8, 4) is 0 Å². The molecule has 3 N–H and O–H groups in total. The number of nitrogens with zero attached hydrogens (tertiary/aromatic N) is 1. The Labute approximate surface area is 289 Å². The Bertz CT molecular complexity index is 1460. The highest BCUT2D eigenvalue weighted by Gasteiger charge is 2.71. The Balaban J connectivity index is 1.21. The van der Waals surface area contributed by atoms with Crippen molar-refractivity contribution in [1.82, 2.24) is 5.43 Å². The van der Waals surface area contributed by atoms with E-state index in [9.17, 15) is 31.4 Å². The van der Waals surface area contributed by atoms with Gasteiger partial charge in [-0.25, -0.2) is 0 Å². The second-order valence-electron chi connectivity index (χ2n) is 16.5. The number of benzene rings is 1. The fraction of sp³-hybridized carbons (Fsp3) is 0.778. The zero-order valence-electron chi connectivity index (χ0n) is 28.4. The molecule has 2 saturated heterocycles. The molecule has 6 nitrogen and oxygen atoms in total. The minimum absolute atomic E-state index is 0.0166. The van der Waals surface area contributed by atoms with Crippen LogP contribution in [0.5, 0.6) is 0 Å². The van der Waals surface area contributed by atoms with Crippen molar-refractivity contribution in [1.29, 1.82) is 0 Å². The van der Waals surface area contributed by atoms with Crippen LogP contribution in [-0.4, -0.2) is 40.5 Å². The molecule has 0 bridgehead atoms. The van der Waals surface area contributed by atoms with Crippen LogP contribution in [0.4, 0.5) is 32.0 Å². The normalized spacial score (nSPS) is 44.2. The number of aliphatic hydroxyl groups excluding tert-OH is 1. The van der Waals surface area contributed by atoms with E-state index in [1.807, 2.05) is 0 Å². The molecule has 2 aliphatic heterocycles. The maximum Gasteiger partial charge on any atom is 0.416 e. The van der Waals surface area contributed by atoms with E-state index in [0.29, 0.717) is 48.8 Å². The van der Waals surface area contributed by atoms with Crippen LogP contribution >= 0.6 is 12.2 Å². The number of halogens is 6. The Morgan fingerprint density at radius 3 is 2.27 bits per heavy atom. The highest BCUT2D eigenvalue weighted by atomic mass is 32.1. The number of alkyl halides is 6. The summed E-state index contributed by atoms with van der Waals surface area (Å²) >= 11 is 5.44. The average molecular weight is 716 g/mol. The average Bonchev–Trinajstić information content (AvgIpc) is 3.47. The summed E-state index contributed by atoms with van der Waals surface area (Å²) < 4.78 is 94.6. The molecule has 1 aromatic carbocycles. The van der Waals surface area contributed by atoms with E-state index in [4.69, 9.17) is 26.8 Å². The second kappa shape index (κ2) is 12.0. The molecule has 6 aliphatic rings. The Morgan fingerprint density at radius 1 is 0.939 bits per heavy atom. The summed E-state index contributed by atoms with van der Waals surface area (Å²) in [7, 11) is 0. The summed E-state index contributed by atoms with van der Waals surface area (Å²) in [5.74, 6) is 1.45. The molecule has 1 aromatic rings. The number of hydrazone groups is 1. The molecule has 0 aromatic heterocycles. The number of rotatable bonds is 2. The molecule has 1 spiro atoms. The highest BCUT2D eigenvalue weighted by molar-refractivity contribution is 7.80. The molecule has 0 unspecified atom stereocenters. The molecule has 12 atom stereocenters. The molecule has 13 heteroatoms. The smallest absolute Gasteiger partial charge is 0.393 e. The Morgan fingerprint density at radius 2 is 1.63 bits per heavy atom. The van der Waals surface area contributed by atoms with E-state index >= 15 is 0 Å². The molecule has 272 valence electrons. The van der Waals surface area contributed by atoms with Crippen molar-refractivity contribution in [2.45, 2.75) is 116 Å². The van der Waals surface area contributed by atoms with Gasteiger partial charge in [0.1, 0.15) is 0 Å². The third-order valence-corrected chi connectivity index (χ3v) is 14.1. The van der Waals surface area contributed by atoms with Gasteiger partial charge >= 0.3 is 12.4 Å². The van der Waals surface area contributed by atoms with E-state index in [0.717, 1.165) is 57.1 Å². The summed E-state index contributed by atoms with van der Waals surface area (Å²) in [6.07, 6.45) is -2.21. The molecule has 6 fully saturated rings. The minimum atomic E-state index is -4.98.